The fourth-order valence-corrected chi connectivity index (χ4v) is 9.40. The summed E-state index contributed by atoms with van der Waals surface area (Å²) < 4.78 is 16.5. The number of amides is 9. The zero-order chi connectivity index (χ0) is 51.4. The third-order valence-electron chi connectivity index (χ3n) is 11.5. The lowest BCUT2D eigenvalue weighted by Crippen LogP contribution is -2.50. The van der Waals surface area contributed by atoms with E-state index in [0.29, 0.717) is 45.6 Å². The van der Waals surface area contributed by atoms with Gasteiger partial charge in [-0.2, -0.15) is 11.8 Å². The summed E-state index contributed by atoms with van der Waals surface area (Å²) >= 11 is 1.65. The molecule has 4 fully saturated rings. The smallest absolute Gasteiger partial charge is 0.335 e. The third-order valence-corrected chi connectivity index (χ3v) is 13.0. The lowest BCUT2D eigenvalue weighted by Gasteiger charge is -2.23. The largest absolute Gasteiger partial charge is 0.497 e. The summed E-state index contributed by atoms with van der Waals surface area (Å²) in [5.74, 6) is -7.92. The lowest BCUT2D eigenvalue weighted by atomic mass is 9.97. The molecular weight excluding hydrogens is 961 g/mol. The molecule has 0 bridgehead atoms. The molecule has 9 amide bonds. The Balaban J connectivity index is 1.08. The van der Waals surface area contributed by atoms with Crippen molar-refractivity contribution in [3.05, 3.63) is 53.6 Å². The number of nitrogens with zero attached hydrogens (tertiary/aromatic N) is 2. The van der Waals surface area contributed by atoms with E-state index < -0.39 is 110 Å². The van der Waals surface area contributed by atoms with E-state index >= 15 is 0 Å². The summed E-state index contributed by atoms with van der Waals surface area (Å²) in [4.78, 5) is 148. The summed E-state index contributed by atoms with van der Waals surface area (Å²) in [7, 11) is 2.83. The van der Waals surface area contributed by atoms with E-state index in [1.807, 2.05) is 0 Å². The highest BCUT2D eigenvalue weighted by atomic mass is 32.2. The molecule has 4 aliphatic rings. The number of carbonyl (C=O) groups excluding carboxylic acids is 10. The molecule has 0 saturated carbocycles. The second kappa shape index (κ2) is 24.2. The van der Waals surface area contributed by atoms with Crippen LogP contribution in [0.5, 0.6) is 17.2 Å². The van der Waals surface area contributed by atoms with Crippen LogP contribution in [-0.4, -0.2) is 154 Å². The average Bonchev–Trinajstić information content (AvgIpc) is 4.09. The van der Waals surface area contributed by atoms with E-state index in [9.17, 15) is 63.0 Å². The van der Waals surface area contributed by atoms with Crippen molar-refractivity contribution in [1.29, 1.82) is 0 Å². The number of nitrogens with one attached hydrogen (secondary N) is 6. The molecular formula is C44H52N8O18S. The van der Waals surface area contributed by atoms with Crippen molar-refractivity contribution in [3.8, 4) is 17.2 Å². The van der Waals surface area contributed by atoms with Crippen molar-refractivity contribution >= 4 is 77.1 Å². The first-order valence-electron chi connectivity index (χ1n) is 22.2. The van der Waals surface area contributed by atoms with E-state index in [0.717, 1.165) is 0 Å². The molecule has 4 saturated heterocycles. The minimum Gasteiger partial charge on any atom is -0.497 e. The first-order valence-corrected chi connectivity index (χ1v) is 23.3. The molecule has 0 radical (unpaired) electrons. The Bertz CT molecular complexity index is 2390. The number of rotatable bonds is 24. The molecule has 4 aliphatic heterocycles. The number of carboxylic acid groups (broad SMARTS) is 1. The zero-order valence-corrected chi connectivity index (χ0v) is 39.1. The summed E-state index contributed by atoms with van der Waals surface area (Å²) in [6.45, 7) is -1.40. The predicted molar refractivity (Wildman–Crippen MR) is 240 cm³/mol. The summed E-state index contributed by atoms with van der Waals surface area (Å²) in [6, 6.07) is 5.97. The van der Waals surface area contributed by atoms with Gasteiger partial charge in [-0.3, -0.25) is 33.6 Å². The van der Waals surface area contributed by atoms with Crippen molar-refractivity contribution in [2.45, 2.75) is 99.5 Å². The van der Waals surface area contributed by atoms with E-state index in [2.05, 4.69) is 31.9 Å². The number of ether oxygens (including phenoxy) is 3. The number of aliphatic hydroxyl groups excluding tert-OH is 1. The molecule has 6 rings (SSSR count). The van der Waals surface area contributed by atoms with Crippen LogP contribution in [0.4, 0.5) is 4.79 Å². The molecule has 2 aromatic carbocycles. The fraction of sp³-hybridized carbons (Fsp3) is 0.477. The molecule has 7 unspecified atom stereocenters. The normalized spacial score (nSPS) is 20.4. The molecule has 0 spiro atoms. The van der Waals surface area contributed by atoms with E-state index in [-0.39, 0.29) is 67.0 Å². The Kier molecular flexibility index (Phi) is 18.0. The number of benzene rings is 2. The number of thioether (sulfide) groups is 1. The van der Waals surface area contributed by atoms with Crippen molar-refractivity contribution in [1.82, 2.24) is 42.0 Å². The SMILES string of the molecule is COc1ccc(C(NC(=O)CNC(=O)C(CC(=O)ON2C(=O)CCC2=O)NC(=O)CCCC2SCC3NC(=O)NC32)c2ccc(OCC(=O)NC(CC(=O)ON3C(=O)CCC3O)C(=O)O)cc2)c(OC)c1. The summed E-state index contributed by atoms with van der Waals surface area (Å²) in [5, 5.41) is 35.7. The van der Waals surface area contributed by atoms with E-state index in [1.54, 1.807) is 30.0 Å². The van der Waals surface area contributed by atoms with Gasteiger partial charge in [0.25, 0.3) is 23.6 Å². The minimum atomic E-state index is -1.77. The first-order chi connectivity index (χ1) is 33.9. The second-order valence-corrected chi connectivity index (χ2v) is 17.7. The van der Waals surface area contributed by atoms with Gasteiger partial charge in [0.2, 0.25) is 17.7 Å². The maximum atomic E-state index is 13.7. The number of aliphatic carboxylic acids is 1. The monoisotopic (exact) mass is 1010 g/mol. The maximum absolute atomic E-state index is 13.7. The Hall–Kier alpha value is -7.68. The Morgan fingerprint density at radius 1 is 0.789 bits per heavy atom. The second-order valence-electron chi connectivity index (χ2n) is 16.4. The standard InChI is InChI=1S/C44H52N8O18S/c1-66-24-10-11-25(29(16-24)67-2)40(22-6-8-23(9-7-22)68-20-33(55)47-27(43(63)64)18-39(61)70-52-36(58)14-15-37(52)59)49-32(54)19-45-42(62)26(17-38(60)69-51-34(56)12-13-35(51)57)46-31(53)5-3-4-30-41-28(21-71-30)48-44(65)50-41/h6-11,16,26-28,30,36,40-41,58H,3-5,12-15,17-21H2,1-2H3,(H,45,62)(H,46,53)(H,47,55)(H,49,54)(H,63,64)(H2,48,50,65). The van der Waals surface area contributed by atoms with Gasteiger partial charge in [-0.15, -0.1) is 10.1 Å². The Morgan fingerprint density at radius 2 is 1.46 bits per heavy atom. The number of carbonyl (C=O) groups is 11. The van der Waals surface area contributed by atoms with Gasteiger partial charge in [0.05, 0.1) is 51.7 Å². The number of methoxy groups -OCH3 is 2. The van der Waals surface area contributed by atoms with Gasteiger partial charge in [-0.05, 0) is 42.7 Å². The third kappa shape index (κ3) is 14.2. The topological polar surface area (TPSA) is 353 Å². The van der Waals surface area contributed by atoms with Gasteiger partial charge in [0.15, 0.2) is 12.8 Å². The van der Waals surface area contributed by atoms with Crippen LogP contribution in [0.1, 0.15) is 75.0 Å². The molecule has 26 nitrogen and oxygen atoms in total. The molecule has 2 aromatic rings. The van der Waals surface area contributed by atoms with Crippen LogP contribution in [-0.2, 0) is 57.6 Å². The minimum absolute atomic E-state index is 0.0180. The average molecular weight is 1010 g/mol. The van der Waals surface area contributed by atoms with Crippen LogP contribution in [0, 0.1) is 0 Å². The lowest BCUT2D eigenvalue weighted by molar-refractivity contribution is -0.221. The van der Waals surface area contributed by atoms with Crippen LogP contribution >= 0.6 is 11.8 Å². The number of hydrogen-bond acceptors (Lipinski definition) is 18. The quantitative estimate of drug-likeness (QED) is 0.0442. The van der Waals surface area contributed by atoms with Gasteiger partial charge in [0, 0.05) is 54.7 Å². The molecule has 4 heterocycles. The van der Waals surface area contributed by atoms with Crippen LogP contribution in [0.15, 0.2) is 42.5 Å². The van der Waals surface area contributed by atoms with Crippen LogP contribution in [0.2, 0.25) is 0 Å². The highest BCUT2D eigenvalue weighted by Crippen LogP contribution is 2.35. The van der Waals surface area contributed by atoms with Crippen molar-refractivity contribution in [2.75, 3.05) is 33.1 Å². The van der Waals surface area contributed by atoms with Crippen LogP contribution in [0.3, 0.4) is 0 Å². The van der Waals surface area contributed by atoms with Gasteiger partial charge < -0.3 is 66.0 Å². The number of urea groups is 1. The highest BCUT2D eigenvalue weighted by molar-refractivity contribution is 8.00. The number of fused-ring (bicyclic) bond motifs is 1. The van der Waals surface area contributed by atoms with Gasteiger partial charge in [-0.1, -0.05) is 12.1 Å². The molecule has 0 aromatic heterocycles. The van der Waals surface area contributed by atoms with Gasteiger partial charge >= 0.3 is 23.9 Å². The van der Waals surface area contributed by atoms with Crippen molar-refractivity contribution in [3.63, 3.8) is 0 Å². The molecule has 8 N–H and O–H groups in total. The Labute approximate surface area is 408 Å². The van der Waals surface area contributed by atoms with Gasteiger partial charge in [-0.25, -0.2) is 19.2 Å². The number of hydrogen-bond donors (Lipinski definition) is 8. The van der Waals surface area contributed by atoms with Crippen molar-refractivity contribution in [2.24, 2.45) is 0 Å². The first kappa shape index (κ1) is 52.7. The summed E-state index contributed by atoms with van der Waals surface area (Å²) in [6.07, 6.45) is -2.64. The van der Waals surface area contributed by atoms with Crippen LogP contribution < -0.4 is 46.1 Å². The van der Waals surface area contributed by atoms with Crippen molar-refractivity contribution < 1.29 is 86.8 Å². The predicted octanol–water partition coefficient (Wildman–Crippen LogP) is -1.42. The number of imide groups is 1. The molecule has 71 heavy (non-hydrogen) atoms. The molecule has 27 heteroatoms. The molecule has 7 atom stereocenters. The zero-order valence-electron chi connectivity index (χ0n) is 38.3. The number of hydroxylamine groups is 4. The molecule has 382 valence electrons. The van der Waals surface area contributed by atoms with Gasteiger partial charge in [0.1, 0.15) is 29.3 Å². The highest BCUT2D eigenvalue weighted by Gasteiger charge is 2.43. The number of carboxylic acids is 1. The van der Waals surface area contributed by atoms with E-state index in [4.69, 9.17) is 23.9 Å². The van der Waals surface area contributed by atoms with Crippen LogP contribution in [0.25, 0.3) is 0 Å². The molecule has 0 aliphatic carbocycles. The summed E-state index contributed by atoms with van der Waals surface area (Å²) in [5.41, 5.74) is 0.841. The maximum Gasteiger partial charge on any atom is 0.335 e. The number of aliphatic hydroxyl groups is 1. The Morgan fingerprint density at radius 3 is 2.13 bits per heavy atom. The fourth-order valence-electron chi connectivity index (χ4n) is 7.86. The van der Waals surface area contributed by atoms with E-state index in [1.165, 1.54) is 38.5 Å².